The molecule has 1 amide bonds. The van der Waals surface area contributed by atoms with E-state index in [4.69, 9.17) is 16.3 Å². The minimum Gasteiger partial charge on any atom is -0.493 e. The summed E-state index contributed by atoms with van der Waals surface area (Å²) in [5, 5.41) is 3.52. The van der Waals surface area contributed by atoms with Gasteiger partial charge in [0, 0.05) is 10.7 Å². The third kappa shape index (κ3) is 3.31. The van der Waals surface area contributed by atoms with Crippen LogP contribution in [-0.4, -0.2) is 12.5 Å². The second-order valence-electron chi connectivity index (χ2n) is 4.34. The van der Waals surface area contributed by atoms with Gasteiger partial charge in [-0.1, -0.05) is 23.7 Å². The Balaban J connectivity index is 2.24. The maximum Gasteiger partial charge on any atom is 0.259 e. The quantitative estimate of drug-likeness (QED) is 0.911. The van der Waals surface area contributed by atoms with Gasteiger partial charge in [-0.2, -0.15) is 0 Å². The number of halogens is 1. The summed E-state index contributed by atoms with van der Waals surface area (Å²) in [7, 11) is 0. The predicted molar refractivity (Wildman–Crippen MR) is 81.8 cm³/mol. The number of ether oxygens (including phenoxy) is 1. The van der Waals surface area contributed by atoms with Gasteiger partial charge in [0.2, 0.25) is 0 Å². The summed E-state index contributed by atoms with van der Waals surface area (Å²) in [6, 6.07) is 12.5. The summed E-state index contributed by atoms with van der Waals surface area (Å²) in [6.45, 7) is 4.30. The predicted octanol–water partition coefficient (Wildman–Crippen LogP) is 4.30. The molecule has 0 radical (unpaired) electrons. The van der Waals surface area contributed by atoms with Crippen LogP contribution >= 0.6 is 11.6 Å². The molecule has 1 N–H and O–H groups in total. The number of anilines is 1. The molecule has 0 saturated heterocycles. The van der Waals surface area contributed by atoms with Crippen molar-refractivity contribution in [1.29, 1.82) is 0 Å². The maximum atomic E-state index is 12.3. The first kappa shape index (κ1) is 14.4. The maximum absolute atomic E-state index is 12.3. The van der Waals surface area contributed by atoms with Crippen LogP contribution in [0.15, 0.2) is 42.5 Å². The van der Waals surface area contributed by atoms with Crippen molar-refractivity contribution in [2.45, 2.75) is 13.8 Å². The Hall–Kier alpha value is -2.00. The number of carbonyl (C=O) groups excluding carboxylic acids is 1. The zero-order valence-electron chi connectivity index (χ0n) is 11.4. The number of rotatable bonds is 4. The fraction of sp³-hybridized carbons (Fsp3) is 0.188. The van der Waals surface area contributed by atoms with E-state index in [-0.39, 0.29) is 5.91 Å². The topological polar surface area (TPSA) is 38.3 Å². The average Bonchev–Trinajstić information content (AvgIpc) is 2.43. The lowest BCUT2D eigenvalue weighted by Gasteiger charge is -2.12. The second kappa shape index (κ2) is 6.44. The number of aryl methyl sites for hydroxylation is 1. The van der Waals surface area contributed by atoms with Crippen LogP contribution in [0.3, 0.4) is 0 Å². The van der Waals surface area contributed by atoms with Crippen LogP contribution in [-0.2, 0) is 0 Å². The highest BCUT2D eigenvalue weighted by Gasteiger charge is 2.12. The Morgan fingerprint density at radius 3 is 2.70 bits per heavy atom. The zero-order valence-corrected chi connectivity index (χ0v) is 12.2. The summed E-state index contributed by atoms with van der Waals surface area (Å²) in [6.07, 6.45) is 0. The normalized spacial score (nSPS) is 10.2. The first-order valence-electron chi connectivity index (χ1n) is 6.41. The standard InChI is InChI=1S/C16H16ClNO2/c1-3-20-15-7-5-4-6-13(15)16(19)18-14-9-8-12(17)10-11(14)2/h4-10H,3H2,1-2H3,(H,18,19). The first-order chi connectivity index (χ1) is 9.61. The Morgan fingerprint density at radius 1 is 1.25 bits per heavy atom. The Bertz CT molecular complexity index is 626. The third-order valence-corrected chi connectivity index (χ3v) is 3.10. The van der Waals surface area contributed by atoms with Crippen LogP contribution in [0.25, 0.3) is 0 Å². The largest absolute Gasteiger partial charge is 0.493 e. The lowest BCUT2D eigenvalue weighted by Crippen LogP contribution is -2.14. The van der Waals surface area contributed by atoms with Crippen LogP contribution in [0.1, 0.15) is 22.8 Å². The van der Waals surface area contributed by atoms with Gasteiger partial charge in [-0.3, -0.25) is 4.79 Å². The van der Waals surface area contributed by atoms with Crippen LogP contribution in [0, 0.1) is 6.92 Å². The van der Waals surface area contributed by atoms with E-state index >= 15 is 0 Å². The van der Waals surface area contributed by atoms with E-state index in [1.165, 1.54) is 0 Å². The molecule has 0 heterocycles. The van der Waals surface area contributed by atoms with Crippen LogP contribution in [0.5, 0.6) is 5.75 Å². The Labute approximate surface area is 123 Å². The van der Waals surface area contributed by atoms with Crippen molar-refractivity contribution >= 4 is 23.2 Å². The molecule has 0 aliphatic rings. The first-order valence-corrected chi connectivity index (χ1v) is 6.79. The van der Waals surface area contributed by atoms with E-state index < -0.39 is 0 Å². The highest BCUT2D eigenvalue weighted by atomic mass is 35.5. The van der Waals surface area contributed by atoms with Crippen molar-refractivity contribution in [2.24, 2.45) is 0 Å². The number of hydrogen-bond acceptors (Lipinski definition) is 2. The molecule has 0 aliphatic carbocycles. The molecule has 0 fully saturated rings. The Morgan fingerprint density at radius 2 is 2.00 bits per heavy atom. The molecule has 0 spiro atoms. The fourth-order valence-electron chi connectivity index (χ4n) is 1.89. The van der Waals surface area contributed by atoms with Gasteiger partial charge < -0.3 is 10.1 Å². The number of nitrogens with one attached hydrogen (secondary N) is 1. The summed E-state index contributed by atoms with van der Waals surface area (Å²) in [4.78, 5) is 12.3. The summed E-state index contributed by atoms with van der Waals surface area (Å²) in [5.74, 6) is 0.388. The van der Waals surface area contributed by atoms with Gasteiger partial charge in [0.1, 0.15) is 5.75 Å². The number of para-hydroxylation sites is 1. The minimum absolute atomic E-state index is 0.195. The average molecular weight is 290 g/mol. The van der Waals surface area contributed by atoms with Gasteiger partial charge in [-0.05, 0) is 49.7 Å². The molecule has 0 unspecified atom stereocenters. The van der Waals surface area contributed by atoms with E-state index in [0.717, 1.165) is 11.3 Å². The number of hydrogen-bond donors (Lipinski definition) is 1. The highest BCUT2D eigenvalue weighted by Crippen LogP contribution is 2.23. The number of carbonyl (C=O) groups is 1. The molecule has 4 heteroatoms. The Kier molecular flexibility index (Phi) is 4.64. The molecule has 2 aromatic carbocycles. The molecular weight excluding hydrogens is 274 g/mol. The van der Waals surface area contributed by atoms with Crippen molar-refractivity contribution in [2.75, 3.05) is 11.9 Å². The van der Waals surface area contributed by atoms with E-state index in [1.54, 1.807) is 24.3 Å². The molecular formula is C16H16ClNO2. The molecule has 0 atom stereocenters. The molecule has 20 heavy (non-hydrogen) atoms. The van der Waals surface area contributed by atoms with Crippen LogP contribution in [0.4, 0.5) is 5.69 Å². The third-order valence-electron chi connectivity index (χ3n) is 2.87. The smallest absolute Gasteiger partial charge is 0.259 e. The molecule has 2 aromatic rings. The van der Waals surface area contributed by atoms with Gasteiger partial charge >= 0.3 is 0 Å². The van der Waals surface area contributed by atoms with Gasteiger partial charge in [-0.25, -0.2) is 0 Å². The van der Waals surface area contributed by atoms with Gasteiger partial charge in [0.05, 0.1) is 12.2 Å². The summed E-state index contributed by atoms with van der Waals surface area (Å²) >= 11 is 5.90. The van der Waals surface area contributed by atoms with Crippen molar-refractivity contribution in [1.82, 2.24) is 0 Å². The van der Waals surface area contributed by atoms with E-state index in [9.17, 15) is 4.79 Å². The van der Waals surface area contributed by atoms with E-state index in [0.29, 0.717) is 22.9 Å². The van der Waals surface area contributed by atoms with E-state index in [1.807, 2.05) is 32.0 Å². The van der Waals surface area contributed by atoms with Crippen molar-refractivity contribution in [3.63, 3.8) is 0 Å². The van der Waals surface area contributed by atoms with Crippen LogP contribution < -0.4 is 10.1 Å². The van der Waals surface area contributed by atoms with Crippen molar-refractivity contribution in [3.8, 4) is 5.75 Å². The van der Waals surface area contributed by atoms with Gasteiger partial charge in [0.25, 0.3) is 5.91 Å². The molecule has 104 valence electrons. The molecule has 0 aromatic heterocycles. The number of benzene rings is 2. The number of amides is 1. The SMILES string of the molecule is CCOc1ccccc1C(=O)Nc1ccc(Cl)cc1C. The van der Waals surface area contributed by atoms with Crippen molar-refractivity contribution in [3.05, 3.63) is 58.6 Å². The molecule has 0 bridgehead atoms. The van der Waals surface area contributed by atoms with Gasteiger partial charge in [0.15, 0.2) is 0 Å². The fourth-order valence-corrected chi connectivity index (χ4v) is 2.12. The molecule has 3 nitrogen and oxygen atoms in total. The van der Waals surface area contributed by atoms with Crippen molar-refractivity contribution < 1.29 is 9.53 Å². The minimum atomic E-state index is -0.195. The summed E-state index contributed by atoms with van der Waals surface area (Å²) < 4.78 is 5.46. The monoisotopic (exact) mass is 289 g/mol. The highest BCUT2D eigenvalue weighted by molar-refractivity contribution is 6.30. The van der Waals surface area contributed by atoms with Crippen LogP contribution in [0.2, 0.25) is 5.02 Å². The lowest BCUT2D eigenvalue weighted by molar-refractivity contribution is 0.102. The van der Waals surface area contributed by atoms with E-state index in [2.05, 4.69) is 5.32 Å². The summed E-state index contributed by atoms with van der Waals surface area (Å²) in [5.41, 5.74) is 2.18. The molecule has 2 rings (SSSR count). The second-order valence-corrected chi connectivity index (χ2v) is 4.78. The van der Waals surface area contributed by atoms with Gasteiger partial charge in [-0.15, -0.1) is 0 Å². The molecule has 0 aliphatic heterocycles. The lowest BCUT2D eigenvalue weighted by atomic mass is 10.1. The molecule has 0 saturated carbocycles. The zero-order chi connectivity index (χ0) is 14.5.